The summed E-state index contributed by atoms with van der Waals surface area (Å²) in [4.78, 5) is 10.5. The van der Waals surface area contributed by atoms with E-state index in [4.69, 9.17) is 10.8 Å². The lowest BCUT2D eigenvalue weighted by Crippen LogP contribution is -2.34. The van der Waals surface area contributed by atoms with Crippen molar-refractivity contribution in [3.8, 4) is 0 Å². The van der Waals surface area contributed by atoms with Crippen LogP contribution in [0, 0.1) is 0 Å². The van der Waals surface area contributed by atoms with Crippen molar-refractivity contribution in [1.82, 2.24) is 5.32 Å². The van der Waals surface area contributed by atoms with Crippen molar-refractivity contribution in [2.45, 2.75) is 18.9 Å². The third kappa shape index (κ3) is 5.81. The number of nitrogens with two attached hydrogens (primary N) is 1. The molecule has 0 aliphatic carbocycles. The molecule has 0 radical (unpaired) electrons. The molecule has 1 atom stereocenters. The number of halogens is 1. The zero-order chi connectivity index (χ0) is 12.7. The summed E-state index contributed by atoms with van der Waals surface area (Å²) in [5.74, 6) is -0.946. The first kappa shape index (κ1) is 14.2. The molecule has 1 rings (SSSR count). The molecule has 0 aromatic heterocycles. The van der Waals surface area contributed by atoms with E-state index in [9.17, 15) is 4.79 Å². The zero-order valence-corrected chi connectivity index (χ0v) is 11.1. The Hall–Kier alpha value is -0.910. The molecule has 0 aliphatic heterocycles. The van der Waals surface area contributed by atoms with Gasteiger partial charge in [-0.3, -0.25) is 4.79 Å². The van der Waals surface area contributed by atoms with Crippen LogP contribution in [0.15, 0.2) is 28.7 Å². The standard InChI is InChI=1S/C12H17BrN2O2/c13-10-3-1-2-9(8-10)4-6-15-7-5-11(14)12(16)17/h1-3,8,11,15H,4-7,14H2,(H,16,17). The number of carboxylic acid groups (broad SMARTS) is 1. The zero-order valence-electron chi connectivity index (χ0n) is 9.53. The topological polar surface area (TPSA) is 75.3 Å². The number of benzene rings is 1. The Morgan fingerprint density at radius 1 is 1.47 bits per heavy atom. The van der Waals surface area contributed by atoms with E-state index in [2.05, 4.69) is 33.4 Å². The van der Waals surface area contributed by atoms with Gasteiger partial charge in [0.25, 0.3) is 0 Å². The van der Waals surface area contributed by atoms with Crippen LogP contribution in [0.2, 0.25) is 0 Å². The lowest BCUT2D eigenvalue weighted by molar-refractivity contribution is -0.138. The van der Waals surface area contributed by atoms with E-state index in [0.717, 1.165) is 17.4 Å². The Labute approximate surface area is 109 Å². The molecule has 5 heteroatoms. The van der Waals surface area contributed by atoms with Gasteiger partial charge >= 0.3 is 5.97 Å². The van der Waals surface area contributed by atoms with Crippen LogP contribution < -0.4 is 11.1 Å². The molecule has 0 saturated carbocycles. The highest BCUT2D eigenvalue weighted by Gasteiger charge is 2.09. The normalized spacial score (nSPS) is 12.4. The second-order valence-electron chi connectivity index (χ2n) is 3.86. The maximum absolute atomic E-state index is 10.5. The molecule has 4 nitrogen and oxygen atoms in total. The smallest absolute Gasteiger partial charge is 0.320 e. The Morgan fingerprint density at radius 3 is 2.88 bits per heavy atom. The van der Waals surface area contributed by atoms with Crippen LogP contribution >= 0.6 is 15.9 Å². The monoisotopic (exact) mass is 300 g/mol. The Morgan fingerprint density at radius 2 is 2.24 bits per heavy atom. The van der Waals surface area contributed by atoms with Crippen molar-refractivity contribution in [2.75, 3.05) is 13.1 Å². The fourth-order valence-corrected chi connectivity index (χ4v) is 1.88. The van der Waals surface area contributed by atoms with E-state index >= 15 is 0 Å². The number of carbonyl (C=O) groups is 1. The average molecular weight is 301 g/mol. The Balaban J connectivity index is 2.14. The molecule has 1 unspecified atom stereocenters. The van der Waals surface area contributed by atoms with Gasteiger partial charge in [-0.05, 0) is 43.6 Å². The molecule has 1 aromatic carbocycles. The average Bonchev–Trinajstić information content (AvgIpc) is 2.28. The van der Waals surface area contributed by atoms with E-state index in [-0.39, 0.29) is 0 Å². The van der Waals surface area contributed by atoms with Gasteiger partial charge in [-0.15, -0.1) is 0 Å². The number of hydrogen-bond acceptors (Lipinski definition) is 3. The first-order valence-corrected chi connectivity index (χ1v) is 6.32. The molecule has 1 aromatic rings. The lowest BCUT2D eigenvalue weighted by atomic mass is 10.1. The van der Waals surface area contributed by atoms with Crippen molar-refractivity contribution in [1.29, 1.82) is 0 Å². The summed E-state index contributed by atoms with van der Waals surface area (Å²) in [5.41, 5.74) is 6.63. The highest BCUT2D eigenvalue weighted by atomic mass is 79.9. The van der Waals surface area contributed by atoms with Gasteiger partial charge in [-0.1, -0.05) is 28.1 Å². The number of aliphatic carboxylic acids is 1. The van der Waals surface area contributed by atoms with Gasteiger partial charge in [0.05, 0.1) is 0 Å². The fourth-order valence-electron chi connectivity index (χ4n) is 1.43. The lowest BCUT2D eigenvalue weighted by Gasteiger charge is -2.08. The van der Waals surface area contributed by atoms with E-state index in [0.29, 0.717) is 13.0 Å². The molecule has 94 valence electrons. The molecule has 0 heterocycles. The van der Waals surface area contributed by atoms with Crippen molar-refractivity contribution < 1.29 is 9.90 Å². The summed E-state index contributed by atoms with van der Waals surface area (Å²) >= 11 is 3.42. The molecule has 0 bridgehead atoms. The van der Waals surface area contributed by atoms with Gasteiger partial charge in [-0.25, -0.2) is 0 Å². The van der Waals surface area contributed by atoms with Crippen LogP contribution in [0.25, 0.3) is 0 Å². The predicted molar refractivity (Wildman–Crippen MR) is 70.9 cm³/mol. The summed E-state index contributed by atoms with van der Waals surface area (Å²) in [6, 6.07) is 7.36. The van der Waals surface area contributed by atoms with Crippen LogP contribution in [0.5, 0.6) is 0 Å². The summed E-state index contributed by atoms with van der Waals surface area (Å²) in [7, 11) is 0. The Bertz CT molecular complexity index is 371. The summed E-state index contributed by atoms with van der Waals surface area (Å²) in [6.45, 7) is 1.45. The minimum absolute atomic E-state index is 0.452. The molecular formula is C12H17BrN2O2. The van der Waals surface area contributed by atoms with Crippen LogP contribution in [-0.4, -0.2) is 30.2 Å². The minimum atomic E-state index is -0.946. The largest absolute Gasteiger partial charge is 0.480 e. The highest BCUT2D eigenvalue weighted by Crippen LogP contribution is 2.11. The molecule has 17 heavy (non-hydrogen) atoms. The summed E-state index contributed by atoms with van der Waals surface area (Å²) in [6.07, 6.45) is 1.37. The van der Waals surface area contributed by atoms with E-state index in [1.54, 1.807) is 0 Å². The van der Waals surface area contributed by atoms with Crippen LogP contribution in [-0.2, 0) is 11.2 Å². The number of rotatable bonds is 7. The third-order valence-corrected chi connectivity index (χ3v) is 2.92. The van der Waals surface area contributed by atoms with Crippen molar-refractivity contribution in [2.24, 2.45) is 5.73 Å². The van der Waals surface area contributed by atoms with Gasteiger partial charge in [-0.2, -0.15) is 0 Å². The SMILES string of the molecule is NC(CCNCCc1cccc(Br)c1)C(=O)O. The first-order chi connectivity index (χ1) is 8.09. The predicted octanol–water partition coefficient (Wildman–Crippen LogP) is 1.38. The van der Waals surface area contributed by atoms with Crippen molar-refractivity contribution in [3.63, 3.8) is 0 Å². The van der Waals surface area contributed by atoms with E-state index < -0.39 is 12.0 Å². The van der Waals surface area contributed by atoms with E-state index in [1.807, 2.05) is 12.1 Å². The quantitative estimate of drug-likeness (QED) is 0.665. The summed E-state index contributed by atoms with van der Waals surface area (Å²) in [5, 5.41) is 11.8. The molecule has 0 fully saturated rings. The van der Waals surface area contributed by atoms with E-state index in [1.165, 1.54) is 5.56 Å². The molecule has 0 amide bonds. The second kappa shape index (κ2) is 7.42. The fraction of sp³-hybridized carbons (Fsp3) is 0.417. The Kier molecular flexibility index (Phi) is 6.18. The summed E-state index contributed by atoms with van der Waals surface area (Å²) < 4.78 is 1.07. The third-order valence-electron chi connectivity index (χ3n) is 2.43. The van der Waals surface area contributed by atoms with Crippen LogP contribution in [0.1, 0.15) is 12.0 Å². The first-order valence-electron chi connectivity index (χ1n) is 5.53. The second-order valence-corrected chi connectivity index (χ2v) is 4.78. The molecule has 0 saturated heterocycles. The number of hydrogen-bond donors (Lipinski definition) is 3. The maximum Gasteiger partial charge on any atom is 0.320 e. The van der Waals surface area contributed by atoms with Crippen LogP contribution in [0.3, 0.4) is 0 Å². The minimum Gasteiger partial charge on any atom is -0.480 e. The van der Waals surface area contributed by atoms with Gasteiger partial charge in [0, 0.05) is 4.47 Å². The molecule has 0 spiro atoms. The van der Waals surface area contributed by atoms with Crippen molar-refractivity contribution in [3.05, 3.63) is 34.3 Å². The van der Waals surface area contributed by atoms with Gasteiger partial charge in [0.15, 0.2) is 0 Å². The van der Waals surface area contributed by atoms with Gasteiger partial charge in [0.1, 0.15) is 6.04 Å². The van der Waals surface area contributed by atoms with Crippen molar-refractivity contribution >= 4 is 21.9 Å². The molecule has 0 aliphatic rings. The molecule has 4 N–H and O–H groups in total. The number of nitrogens with one attached hydrogen (secondary N) is 1. The van der Waals surface area contributed by atoms with Gasteiger partial charge < -0.3 is 16.2 Å². The number of carboxylic acids is 1. The molecular weight excluding hydrogens is 284 g/mol. The van der Waals surface area contributed by atoms with Crippen LogP contribution in [0.4, 0.5) is 0 Å². The highest BCUT2D eigenvalue weighted by molar-refractivity contribution is 9.10. The maximum atomic E-state index is 10.5. The van der Waals surface area contributed by atoms with Gasteiger partial charge in [0.2, 0.25) is 0 Å².